The zero-order valence-corrected chi connectivity index (χ0v) is 18.7. The van der Waals surface area contributed by atoms with Crippen molar-refractivity contribution < 1.29 is 21.9 Å². The molecule has 0 saturated carbocycles. The van der Waals surface area contributed by atoms with Crippen LogP contribution >= 0.6 is 35.6 Å². The highest BCUT2D eigenvalue weighted by Gasteiger charge is 2.28. The highest BCUT2D eigenvalue weighted by atomic mass is 35.5. The molecule has 1 aliphatic heterocycles. The van der Waals surface area contributed by atoms with Gasteiger partial charge in [0, 0.05) is 29.4 Å². The minimum absolute atomic E-state index is 0.0211. The summed E-state index contributed by atoms with van der Waals surface area (Å²) in [5, 5.41) is 6.15. The molecule has 0 amide bonds. The Labute approximate surface area is 188 Å². The molecule has 2 N–H and O–H groups in total. The van der Waals surface area contributed by atoms with Crippen molar-refractivity contribution in [1.29, 1.82) is 0 Å². The maximum Gasteiger partial charge on any atom is 0.288 e. The van der Waals surface area contributed by atoms with Crippen molar-refractivity contribution in [1.82, 2.24) is 4.31 Å². The third-order valence-electron chi connectivity index (χ3n) is 4.11. The Kier molecular flexibility index (Phi) is 7.88. The molecule has 0 radical (unpaired) electrons. The van der Waals surface area contributed by atoms with E-state index in [2.05, 4.69) is 10.6 Å². The van der Waals surface area contributed by atoms with E-state index >= 15 is 0 Å². The van der Waals surface area contributed by atoms with Crippen molar-refractivity contribution in [2.45, 2.75) is 15.5 Å². The van der Waals surface area contributed by atoms with E-state index < -0.39 is 15.8 Å². The van der Waals surface area contributed by atoms with E-state index in [4.69, 9.17) is 28.6 Å². The number of nitrogens with one attached hydrogen (secondary N) is 2. The van der Waals surface area contributed by atoms with Crippen molar-refractivity contribution in [2.24, 2.45) is 0 Å². The van der Waals surface area contributed by atoms with Crippen molar-refractivity contribution >= 4 is 62.1 Å². The van der Waals surface area contributed by atoms with Crippen LogP contribution in [0.2, 0.25) is 5.02 Å². The number of halogens is 3. The lowest BCUT2D eigenvalue weighted by atomic mass is 10.3. The molecule has 1 saturated heterocycles. The lowest BCUT2D eigenvalue weighted by molar-refractivity contribution is 0.0730. The quantitative estimate of drug-likeness (QED) is 0.454. The predicted octanol–water partition coefficient (Wildman–Crippen LogP) is 4.48. The smallest absolute Gasteiger partial charge is 0.288 e. The van der Waals surface area contributed by atoms with E-state index in [0.717, 1.165) is 0 Å². The summed E-state index contributed by atoms with van der Waals surface area (Å²) in [6, 6.07) is 10.9. The molecule has 162 valence electrons. The number of ether oxygens (including phenoxy) is 1. The third kappa shape index (κ3) is 6.02. The van der Waals surface area contributed by atoms with Crippen LogP contribution in [0, 0.1) is 0 Å². The molecule has 1 heterocycles. The Balaban J connectivity index is 1.69. The SMILES string of the molecule is O=S(=O)(c1cc(NC(=S)Nc2ccc(SC(F)F)cc2)ccc1Cl)N1CCOCC1. The first-order valence-electron chi connectivity index (χ1n) is 8.76. The van der Waals surface area contributed by atoms with Gasteiger partial charge in [-0.2, -0.15) is 13.1 Å². The second-order valence-corrected chi connectivity index (χ2v) is 9.93. The molecule has 1 aliphatic rings. The van der Waals surface area contributed by atoms with E-state index in [9.17, 15) is 17.2 Å². The van der Waals surface area contributed by atoms with Gasteiger partial charge in [-0.1, -0.05) is 23.4 Å². The van der Waals surface area contributed by atoms with E-state index in [1.807, 2.05) is 0 Å². The van der Waals surface area contributed by atoms with Gasteiger partial charge in [0.25, 0.3) is 5.76 Å². The van der Waals surface area contributed by atoms with Crippen LogP contribution in [0.3, 0.4) is 0 Å². The monoisotopic (exact) mass is 493 g/mol. The molecule has 0 aromatic heterocycles. The van der Waals surface area contributed by atoms with Gasteiger partial charge in [-0.15, -0.1) is 0 Å². The molecule has 0 atom stereocenters. The molecule has 2 aromatic carbocycles. The summed E-state index contributed by atoms with van der Waals surface area (Å²) >= 11 is 11.9. The lowest BCUT2D eigenvalue weighted by Crippen LogP contribution is -2.40. The fourth-order valence-corrected chi connectivity index (χ4v) is 5.36. The number of alkyl halides is 2. The summed E-state index contributed by atoms with van der Waals surface area (Å²) in [6.45, 7) is 1.18. The van der Waals surface area contributed by atoms with E-state index in [-0.39, 0.29) is 28.1 Å². The highest BCUT2D eigenvalue weighted by molar-refractivity contribution is 7.99. The molecule has 0 spiro atoms. The van der Waals surface area contributed by atoms with Crippen LogP contribution in [0.15, 0.2) is 52.3 Å². The minimum atomic E-state index is -3.77. The topological polar surface area (TPSA) is 70.7 Å². The molecule has 0 aliphatic carbocycles. The summed E-state index contributed by atoms with van der Waals surface area (Å²) in [5.74, 6) is -2.49. The summed E-state index contributed by atoms with van der Waals surface area (Å²) in [4.78, 5) is 0.414. The maximum atomic E-state index is 12.9. The summed E-state index contributed by atoms with van der Waals surface area (Å²) < 4.78 is 57.1. The Hall–Kier alpha value is -1.50. The Morgan fingerprint density at radius 2 is 1.70 bits per heavy atom. The summed E-state index contributed by atoms with van der Waals surface area (Å²) in [5.41, 5.74) is 1.04. The van der Waals surface area contributed by atoms with Gasteiger partial charge in [-0.25, -0.2) is 8.42 Å². The van der Waals surface area contributed by atoms with Crippen molar-refractivity contribution in [2.75, 3.05) is 36.9 Å². The Bertz CT molecular complexity index is 1000. The van der Waals surface area contributed by atoms with Crippen molar-refractivity contribution in [3.63, 3.8) is 0 Å². The Morgan fingerprint density at radius 3 is 2.33 bits per heavy atom. The van der Waals surface area contributed by atoms with E-state index in [1.54, 1.807) is 30.3 Å². The normalized spacial score (nSPS) is 15.2. The molecule has 3 rings (SSSR count). The van der Waals surface area contributed by atoms with Gasteiger partial charge in [0.2, 0.25) is 10.0 Å². The molecule has 0 unspecified atom stereocenters. The highest BCUT2D eigenvalue weighted by Crippen LogP contribution is 2.29. The first-order chi connectivity index (χ1) is 14.3. The van der Waals surface area contributed by atoms with Gasteiger partial charge in [0.05, 0.1) is 18.2 Å². The second-order valence-electron chi connectivity index (χ2n) is 6.14. The molecule has 1 fully saturated rings. The number of morpholine rings is 1. The number of hydrogen-bond acceptors (Lipinski definition) is 5. The first-order valence-corrected chi connectivity index (χ1v) is 11.9. The largest absolute Gasteiger partial charge is 0.379 e. The molecular weight excluding hydrogens is 476 g/mol. The fourth-order valence-electron chi connectivity index (χ4n) is 2.72. The van der Waals surface area contributed by atoms with Crippen LogP contribution in [-0.4, -0.2) is 49.9 Å². The lowest BCUT2D eigenvalue weighted by Gasteiger charge is -2.26. The number of thiocarbonyl (C=S) groups is 1. The van der Waals surface area contributed by atoms with Crippen LogP contribution in [0.1, 0.15) is 0 Å². The number of thioether (sulfide) groups is 1. The molecule has 6 nitrogen and oxygen atoms in total. The zero-order chi connectivity index (χ0) is 21.7. The number of benzene rings is 2. The predicted molar refractivity (Wildman–Crippen MR) is 119 cm³/mol. The third-order valence-corrected chi connectivity index (χ3v) is 7.42. The number of hydrogen-bond donors (Lipinski definition) is 2. The minimum Gasteiger partial charge on any atom is -0.379 e. The van der Waals surface area contributed by atoms with E-state index in [0.29, 0.717) is 41.2 Å². The van der Waals surface area contributed by atoms with Gasteiger partial charge in [0.1, 0.15) is 4.90 Å². The van der Waals surface area contributed by atoms with Gasteiger partial charge < -0.3 is 15.4 Å². The van der Waals surface area contributed by atoms with Crippen LogP contribution in [-0.2, 0) is 14.8 Å². The molecule has 30 heavy (non-hydrogen) atoms. The average molecular weight is 494 g/mol. The number of sulfonamides is 1. The van der Waals surface area contributed by atoms with E-state index in [1.165, 1.54) is 16.4 Å². The van der Waals surface area contributed by atoms with Crippen LogP contribution in [0.5, 0.6) is 0 Å². The van der Waals surface area contributed by atoms with Gasteiger partial charge in [-0.3, -0.25) is 0 Å². The fraction of sp³-hybridized carbons (Fsp3) is 0.278. The summed E-state index contributed by atoms with van der Waals surface area (Å²) in [7, 11) is -3.77. The van der Waals surface area contributed by atoms with Crippen LogP contribution in [0.4, 0.5) is 20.2 Å². The van der Waals surface area contributed by atoms with Crippen LogP contribution < -0.4 is 10.6 Å². The van der Waals surface area contributed by atoms with Gasteiger partial charge >= 0.3 is 0 Å². The maximum absolute atomic E-state index is 12.9. The number of anilines is 2. The molecule has 2 aromatic rings. The second kappa shape index (κ2) is 10.2. The van der Waals surface area contributed by atoms with Crippen molar-refractivity contribution in [3.05, 3.63) is 47.5 Å². The van der Waals surface area contributed by atoms with Gasteiger partial charge in [-0.05, 0) is 54.7 Å². The molecule has 12 heteroatoms. The zero-order valence-electron chi connectivity index (χ0n) is 15.5. The Morgan fingerprint density at radius 1 is 1.10 bits per heavy atom. The van der Waals surface area contributed by atoms with Gasteiger partial charge in [0.15, 0.2) is 5.11 Å². The number of rotatable bonds is 6. The molecular formula is C18H18ClF2N3O3S3. The average Bonchev–Trinajstić information content (AvgIpc) is 2.71. The van der Waals surface area contributed by atoms with Crippen molar-refractivity contribution in [3.8, 4) is 0 Å². The molecule has 0 bridgehead atoms. The number of nitrogens with zero attached hydrogens (tertiary/aromatic N) is 1. The van der Waals surface area contributed by atoms with Crippen LogP contribution in [0.25, 0.3) is 0 Å². The standard InChI is InChI=1S/C18H18ClF2N3O3S3/c19-15-6-3-13(11-16(15)30(25,26)24-7-9-27-10-8-24)23-18(28)22-12-1-4-14(5-2-12)29-17(20)21/h1-6,11,17H,7-10H2,(H2,22,23,28). The summed E-state index contributed by atoms with van der Waals surface area (Å²) in [6.07, 6.45) is 0. The first kappa shape index (κ1) is 23.2.